The Morgan fingerprint density at radius 1 is 0.966 bits per heavy atom. The third-order valence-electron chi connectivity index (χ3n) is 6.48. The molecule has 0 spiro atoms. The molecule has 2 aliphatic rings. The Morgan fingerprint density at radius 3 is 2.31 bits per heavy atom. The largest absolute Gasteiger partial charge is 0.497 e. The summed E-state index contributed by atoms with van der Waals surface area (Å²) in [6.45, 7) is 9.66. The summed E-state index contributed by atoms with van der Waals surface area (Å²) in [5, 5.41) is 0. The number of amides is 1. The molecule has 2 aliphatic heterocycles. The van der Waals surface area contributed by atoms with Gasteiger partial charge < -0.3 is 9.64 Å². The molecular formula is C24H31N3O2. The normalized spacial score (nSPS) is 22.5. The standard InChI is InChI=1S/C24H31N3O2/c1-18-19(2)27(23-7-5-4-6-22(18)23)24(28)17-26-14-12-25(13-15-26)16-20-8-10-21(29-3)11-9-20/h4-11,18-19H,12-17H2,1-3H3/t18-,19+/m1/s1. The number of carbonyl (C=O) groups excluding carboxylic acids is 1. The van der Waals surface area contributed by atoms with E-state index in [1.807, 2.05) is 23.1 Å². The van der Waals surface area contributed by atoms with Crippen molar-refractivity contribution in [1.82, 2.24) is 9.80 Å². The molecule has 0 bridgehead atoms. The van der Waals surface area contributed by atoms with Gasteiger partial charge in [0.2, 0.25) is 5.91 Å². The van der Waals surface area contributed by atoms with Gasteiger partial charge in [-0.1, -0.05) is 37.3 Å². The second-order valence-corrected chi connectivity index (χ2v) is 8.25. The SMILES string of the molecule is COc1ccc(CN2CCN(CC(=O)N3c4ccccc4[C@H](C)[C@@H]3C)CC2)cc1. The number of benzene rings is 2. The summed E-state index contributed by atoms with van der Waals surface area (Å²) in [5.74, 6) is 1.50. The average molecular weight is 394 g/mol. The number of carbonyl (C=O) groups is 1. The van der Waals surface area contributed by atoms with Crippen LogP contribution >= 0.6 is 0 Å². The van der Waals surface area contributed by atoms with E-state index in [9.17, 15) is 4.79 Å². The van der Waals surface area contributed by atoms with E-state index in [2.05, 4.69) is 54.0 Å². The molecule has 0 aromatic heterocycles. The number of nitrogens with zero attached hydrogens (tertiary/aromatic N) is 3. The smallest absolute Gasteiger partial charge is 0.241 e. The van der Waals surface area contributed by atoms with Crippen LogP contribution in [0.2, 0.25) is 0 Å². The lowest BCUT2D eigenvalue weighted by Crippen LogP contribution is -2.50. The molecule has 0 radical (unpaired) electrons. The van der Waals surface area contributed by atoms with Gasteiger partial charge in [0.25, 0.3) is 0 Å². The topological polar surface area (TPSA) is 36.0 Å². The van der Waals surface area contributed by atoms with Crippen LogP contribution < -0.4 is 9.64 Å². The number of methoxy groups -OCH3 is 1. The molecule has 1 fully saturated rings. The summed E-state index contributed by atoms with van der Waals surface area (Å²) in [5.41, 5.74) is 3.68. The van der Waals surface area contributed by atoms with Gasteiger partial charge in [-0.25, -0.2) is 0 Å². The summed E-state index contributed by atoms with van der Waals surface area (Å²) >= 11 is 0. The molecular weight excluding hydrogens is 362 g/mol. The molecule has 4 rings (SSSR count). The minimum Gasteiger partial charge on any atom is -0.497 e. The van der Waals surface area contributed by atoms with E-state index >= 15 is 0 Å². The number of rotatable bonds is 5. The number of fused-ring (bicyclic) bond motifs is 1. The van der Waals surface area contributed by atoms with Crippen molar-refractivity contribution in [3.63, 3.8) is 0 Å². The number of ether oxygens (including phenoxy) is 1. The van der Waals surface area contributed by atoms with Crippen LogP contribution in [0.15, 0.2) is 48.5 Å². The van der Waals surface area contributed by atoms with Crippen LogP contribution in [-0.2, 0) is 11.3 Å². The third kappa shape index (κ3) is 4.16. The lowest BCUT2D eigenvalue weighted by atomic mass is 9.98. The molecule has 0 N–H and O–H groups in total. The average Bonchev–Trinajstić information content (AvgIpc) is 3.00. The Kier molecular flexibility index (Phi) is 5.88. The highest BCUT2D eigenvalue weighted by Crippen LogP contribution is 2.40. The van der Waals surface area contributed by atoms with Crippen molar-refractivity contribution >= 4 is 11.6 Å². The Bertz CT molecular complexity index is 843. The number of piperazine rings is 1. The fourth-order valence-corrected chi connectivity index (χ4v) is 4.52. The zero-order valence-electron chi connectivity index (χ0n) is 17.7. The van der Waals surface area contributed by atoms with Gasteiger partial charge in [0.15, 0.2) is 0 Å². The van der Waals surface area contributed by atoms with Gasteiger partial charge in [-0.15, -0.1) is 0 Å². The molecule has 2 atom stereocenters. The van der Waals surface area contributed by atoms with E-state index in [0.29, 0.717) is 12.5 Å². The molecule has 2 aromatic rings. The number of anilines is 1. The summed E-state index contributed by atoms with van der Waals surface area (Å²) in [4.78, 5) is 19.9. The van der Waals surface area contributed by atoms with Crippen LogP contribution in [-0.4, -0.2) is 61.6 Å². The molecule has 2 heterocycles. The summed E-state index contributed by atoms with van der Waals surface area (Å²) < 4.78 is 5.23. The van der Waals surface area contributed by atoms with Crippen LogP contribution in [0, 0.1) is 0 Å². The first-order chi connectivity index (χ1) is 14.1. The maximum atomic E-state index is 13.1. The second-order valence-electron chi connectivity index (χ2n) is 8.25. The van der Waals surface area contributed by atoms with Gasteiger partial charge in [0.05, 0.1) is 13.7 Å². The lowest BCUT2D eigenvalue weighted by molar-refractivity contribution is -0.120. The van der Waals surface area contributed by atoms with Crippen LogP contribution in [0.3, 0.4) is 0 Å². The molecule has 5 heteroatoms. The van der Waals surface area contributed by atoms with Gasteiger partial charge in [-0.3, -0.25) is 14.6 Å². The zero-order valence-corrected chi connectivity index (χ0v) is 17.7. The second kappa shape index (κ2) is 8.56. The Balaban J connectivity index is 1.31. The van der Waals surface area contributed by atoms with E-state index in [1.165, 1.54) is 11.1 Å². The quantitative estimate of drug-likeness (QED) is 0.781. The molecule has 0 unspecified atom stereocenters. The predicted octanol–water partition coefficient (Wildman–Crippen LogP) is 3.35. The fourth-order valence-electron chi connectivity index (χ4n) is 4.52. The number of hydrogen-bond donors (Lipinski definition) is 0. The first kappa shape index (κ1) is 19.9. The van der Waals surface area contributed by atoms with E-state index in [0.717, 1.165) is 44.2 Å². The molecule has 154 valence electrons. The molecule has 5 nitrogen and oxygen atoms in total. The van der Waals surface area contributed by atoms with Crippen molar-refractivity contribution in [2.75, 3.05) is 44.7 Å². The van der Waals surface area contributed by atoms with Crippen molar-refractivity contribution in [1.29, 1.82) is 0 Å². The Morgan fingerprint density at radius 2 is 1.62 bits per heavy atom. The summed E-state index contributed by atoms with van der Waals surface area (Å²) in [6, 6.07) is 16.8. The highest BCUT2D eigenvalue weighted by molar-refractivity contribution is 5.97. The summed E-state index contributed by atoms with van der Waals surface area (Å²) in [7, 11) is 1.69. The van der Waals surface area contributed by atoms with E-state index < -0.39 is 0 Å². The van der Waals surface area contributed by atoms with E-state index in [4.69, 9.17) is 4.74 Å². The van der Waals surface area contributed by atoms with E-state index in [1.54, 1.807) is 7.11 Å². The third-order valence-corrected chi connectivity index (χ3v) is 6.48. The lowest BCUT2D eigenvalue weighted by Gasteiger charge is -2.35. The minimum absolute atomic E-state index is 0.219. The highest BCUT2D eigenvalue weighted by Gasteiger charge is 2.36. The van der Waals surface area contributed by atoms with Gasteiger partial charge >= 0.3 is 0 Å². The first-order valence-corrected chi connectivity index (χ1v) is 10.6. The molecule has 29 heavy (non-hydrogen) atoms. The molecule has 0 saturated carbocycles. The molecule has 0 aliphatic carbocycles. The van der Waals surface area contributed by atoms with Crippen LogP contribution in [0.4, 0.5) is 5.69 Å². The minimum atomic E-state index is 0.219. The maximum absolute atomic E-state index is 13.1. The van der Waals surface area contributed by atoms with Gasteiger partial charge in [0.1, 0.15) is 5.75 Å². The Labute approximate surface area is 173 Å². The monoisotopic (exact) mass is 393 g/mol. The first-order valence-electron chi connectivity index (χ1n) is 10.6. The van der Waals surface area contributed by atoms with Crippen LogP contribution in [0.5, 0.6) is 5.75 Å². The van der Waals surface area contributed by atoms with Gasteiger partial charge in [0, 0.05) is 50.4 Å². The van der Waals surface area contributed by atoms with Crippen molar-refractivity contribution in [2.45, 2.75) is 32.4 Å². The van der Waals surface area contributed by atoms with Crippen molar-refractivity contribution in [3.05, 3.63) is 59.7 Å². The van der Waals surface area contributed by atoms with Crippen LogP contribution in [0.25, 0.3) is 0 Å². The summed E-state index contributed by atoms with van der Waals surface area (Å²) in [6.07, 6.45) is 0. The van der Waals surface area contributed by atoms with Gasteiger partial charge in [-0.2, -0.15) is 0 Å². The Hall–Kier alpha value is -2.37. The van der Waals surface area contributed by atoms with Gasteiger partial charge in [-0.05, 0) is 36.2 Å². The number of hydrogen-bond acceptors (Lipinski definition) is 4. The van der Waals surface area contributed by atoms with Crippen molar-refractivity contribution < 1.29 is 9.53 Å². The highest BCUT2D eigenvalue weighted by atomic mass is 16.5. The van der Waals surface area contributed by atoms with Crippen LogP contribution in [0.1, 0.15) is 30.9 Å². The molecule has 1 amide bonds. The van der Waals surface area contributed by atoms with Crippen molar-refractivity contribution in [3.8, 4) is 5.75 Å². The zero-order chi connectivity index (χ0) is 20.4. The van der Waals surface area contributed by atoms with E-state index in [-0.39, 0.29) is 11.9 Å². The molecule has 1 saturated heterocycles. The fraction of sp³-hybridized carbons (Fsp3) is 0.458. The number of para-hydroxylation sites is 1. The molecule has 2 aromatic carbocycles. The van der Waals surface area contributed by atoms with Crippen molar-refractivity contribution in [2.24, 2.45) is 0 Å². The maximum Gasteiger partial charge on any atom is 0.241 e. The predicted molar refractivity (Wildman–Crippen MR) is 117 cm³/mol.